The average molecular weight is 531 g/mol. The minimum Gasteiger partial charge on any atom is -0.331 e. The number of hydrogen-bond acceptors (Lipinski definition) is 4. The van der Waals surface area contributed by atoms with Crippen LogP contribution >= 0.6 is 25.3 Å². The van der Waals surface area contributed by atoms with Crippen molar-refractivity contribution in [3.05, 3.63) is 24.8 Å². The summed E-state index contributed by atoms with van der Waals surface area (Å²) in [6.45, 7) is 2.12. The first-order valence-corrected chi connectivity index (χ1v) is 16.1. The number of aryl methyl sites for hydroxylation is 2. The summed E-state index contributed by atoms with van der Waals surface area (Å²) in [4.78, 5) is 9.35. The highest BCUT2D eigenvalue weighted by atomic mass is 32.1. The Kier molecular flexibility index (Phi) is 14.8. The summed E-state index contributed by atoms with van der Waals surface area (Å²) in [7, 11) is 0. The highest BCUT2D eigenvalue weighted by Gasteiger charge is 2.09. The zero-order valence-electron chi connectivity index (χ0n) is 22.5. The van der Waals surface area contributed by atoms with Crippen LogP contribution in [-0.4, -0.2) is 30.6 Å². The molecule has 3 rings (SSSR count). The van der Waals surface area contributed by atoms with Crippen LogP contribution in [0.2, 0.25) is 0 Å². The molecule has 0 aliphatic heterocycles. The number of thiol groups is 2. The monoisotopic (exact) mass is 530 g/mol. The molecule has 6 heteroatoms. The molecule has 2 aromatic heterocycles. The molecule has 0 saturated carbocycles. The van der Waals surface area contributed by atoms with Crippen molar-refractivity contribution in [3.8, 4) is 0 Å². The predicted octanol–water partition coefficient (Wildman–Crippen LogP) is 9.27. The van der Waals surface area contributed by atoms with Gasteiger partial charge in [0.05, 0.1) is 34.7 Å². The molecular weight excluding hydrogens is 480 g/mol. The van der Waals surface area contributed by atoms with E-state index in [4.69, 9.17) is 0 Å². The van der Waals surface area contributed by atoms with Gasteiger partial charge in [0.25, 0.3) is 0 Å². The molecule has 0 spiro atoms. The number of fused-ring (bicyclic) bond motifs is 2. The van der Waals surface area contributed by atoms with Crippen LogP contribution in [0.4, 0.5) is 0 Å². The summed E-state index contributed by atoms with van der Waals surface area (Å²) >= 11 is 8.59. The first kappa shape index (κ1) is 29.4. The largest absolute Gasteiger partial charge is 0.331 e. The van der Waals surface area contributed by atoms with E-state index in [-0.39, 0.29) is 0 Å². The summed E-state index contributed by atoms with van der Waals surface area (Å²) in [6, 6.07) is 4.49. The Morgan fingerprint density at radius 3 is 1.14 bits per heavy atom. The van der Waals surface area contributed by atoms with Crippen LogP contribution in [0.1, 0.15) is 116 Å². The number of nitrogens with zero attached hydrogens (tertiary/aromatic N) is 4. The molecule has 1 aromatic carbocycles. The lowest BCUT2D eigenvalue weighted by atomic mass is 10.1. The summed E-state index contributed by atoms with van der Waals surface area (Å²) in [5, 5.41) is 0. The Labute approximate surface area is 230 Å². The lowest BCUT2D eigenvalue weighted by Crippen LogP contribution is -1.98. The van der Waals surface area contributed by atoms with Gasteiger partial charge in [0, 0.05) is 13.1 Å². The number of hydrogen-bond donors (Lipinski definition) is 2. The van der Waals surface area contributed by atoms with Gasteiger partial charge in [0.1, 0.15) is 0 Å². The number of benzene rings is 1. The SMILES string of the molecule is SCCCCCCCCCCCn1cnc2cc3ncn(CCCCCCCCCCCS)c3cc21. The van der Waals surface area contributed by atoms with E-state index >= 15 is 0 Å². The fourth-order valence-electron chi connectivity index (χ4n) is 5.23. The summed E-state index contributed by atoms with van der Waals surface area (Å²) in [6.07, 6.45) is 28.1. The molecule has 0 atom stereocenters. The van der Waals surface area contributed by atoms with Crippen LogP contribution < -0.4 is 0 Å². The number of rotatable bonds is 22. The van der Waals surface area contributed by atoms with Crippen molar-refractivity contribution in [2.24, 2.45) is 0 Å². The first-order valence-electron chi connectivity index (χ1n) is 14.8. The number of imidazole rings is 2. The maximum absolute atomic E-state index is 4.67. The number of aromatic nitrogens is 4. The van der Waals surface area contributed by atoms with E-state index in [2.05, 4.69) is 56.5 Å². The summed E-state index contributed by atoms with van der Waals surface area (Å²) in [5.74, 6) is 2.07. The lowest BCUT2D eigenvalue weighted by molar-refractivity contribution is 0.542. The zero-order chi connectivity index (χ0) is 25.3. The molecule has 0 aliphatic rings. The summed E-state index contributed by atoms with van der Waals surface area (Å²) in [5.41, 5.74) is 4.66. The van der Waals surface area contributed by atoms with E-state index in [1.165, 1.54) is 127 Å². The maximum atomic E-state index is 4.67. The van der Waals surface area contributed by atoms with Crippen molar-refractivity contribution in [2.75, 3.05) is 11.5 Å². The third-order valence-electron chi connectivity index (χ3n) is 7.48. The van der Waals surface area contributed by atoms with Crippen molar-refractivity contribution >= 4 is 47.3 Å². The van der Waals surface area contributed by atoms with Gasteiger partial charge < -0.3 is 9.13 Å². The Morgan fingerprint density at radius 1 is 0.444 bits per heavy atom. The second-order valence-corrected chi connectivity index (χ2v) is 11.4. The highest BCUT2D eigenvalue weighted by Crippen LogP contribution is 2.23. The van der Waals surface area contributed by atoms with Gasteiger partial charge in [-0.25, -0.2) is 9.97 Å². The Morgan fingerprint density at radius 2 is 0.778 bits per heavy atom. The van der Waals surface area contributed by atoms with Gasteiger partial charge in [0.15, 0.2) is 0 Å². The lowest BCUT2D eigenvalue weighted by Gasteiger charge is -2.07. The van der Waals surface area contributed by atoms with Gasteiger partial charge in [-0.15, -0.1) is 0 Å². The van der Waals surface area contributed by atoms with Crippen molar-refractivity contribution in [2.45, 2.75) is 129 Å². The average Bonchev–Trinajstić information content (AvgIpc) is 3.48. The predicted molar refractivity (Wildman–Crippen MR) is 164 cm³/mol. The van der Waals surface area contributed by atoms with E-state index in [1.54, 1.807) is 0 Å². The van der Waals surface area contributed by atoms with Gasteiger partial charge >= 0.3 is 0 Å². The van der Waals surface area contributed by atoms with Crippen LogP contribution in [0, 0.1) is 0 Å². The molecule has 0 unspecified atom stereocenters. The molecule has 202 valence electrons. The van der Waals surface area contributed by atoms with E-state index in [9.17, 15) is 0 Å². The van der Waals surface area contributed by atoms with Crippen molar-refractivity contribution in [1.29, 1.82) is 0 Å². The minimum absolute atomic E-state index is 1.04. The fourth-order valence-corrected chi connectivity index (χ4v) is 5.68. The topological polar surface area (TPSA) is 35.6 Å². The van der Waals surface area contributed by atoms with Gasteiger partial charge in [0.2, 0.25) is 0 Å². The molecule has 0 amide bonds. The molecule has 4 nitrogen and oxygen atoms in total. The molecule has 36 heavy (non-hydrogen) atoms. The zero-order valence-corrected chi connectivity index (χ0v) is 24.3. The maximum Gasteiger partial charge on any atom is 0.0958 e. The molecule has 0 radical (unpaired) electrons. The van der Waals surface area contributed by atoms with Crippen LogP contribution in [0.3, 0.4) is 0 Å². The van der Waals surface area contributed by atoms with Gasteiger partial charge in [-0.3, -0.25) is 0 Å². The highest BCUT2D eigenvalue weighted by molar-refractivity contribution is 7.80. The smallest absolute Gasteiger partial charge is 0.0958 e. The summed E-state index contributed by atoms with van der Waals surface area (Å²) < 4.78 is 4.69. The van der Waals surface area contributed by atoms with E-state index < -0.39 is 0 Å². The second-order valence-electron chi connectivity index (χ2n) is 10.5. The van der Waals surface area contributed by atoms with E-state index in [0.717, 1.165) is 35.6 Å². The van der Waals surface area contributed by atoms with Gasteiger partial charge in [-0.05, 0) is 49.3 Å². The molecule has 2 heterocycles. The van der Waals surface area contributed by atoms with E-state index in [0.29, 0.717) is 0 Å². The Hall–Kier alpha value is -1.14. The van der Waals surface area contributed by atoms with Crippen LogP contribution in [-0.2, 0) is 13.1 Å². The molecular formula is C30H50N4S2. The molecule has 0 fully saturated rings. The Balaban J connectivity index is 1.36. The molecule has 3 aromatic rings. The van der Waals surface area contributed by atoms with Gasteiger partial charge in [-0.1, -0.05) is 89.9 Å². The third-order valence-corrected chi connectivity index (χ3v) is 8.11. The Bertz CT molecular complexity index is 891. The molecule has 0 bridgehead atoms. The van der Waals surface area contributed by atoms with Crippen LogP contribution in [0.15, 0.2) is 24.8 Å². The van der Waals surface area contributed by atoms with Crippen LogP contribution in [0.25, 0.3) is 22.1 Å². The fraction of sp³-hybridized carbons (Fsp3) is 0.733. The quantitative estimate of drug-likeness (QED) is 0.100. The standard InChI is InChI=1S/C30H50N4S2/c35-21-17-13-9-5-1-3-7-11-15-19-33-25-31-27-23-28-30(24-29(27)33)34(26-32-28)20-16-12-8-4-2-6-10-14-18-22-36/h23-26,35-36H,1-22H2. The first-order chi connectivity index (χ1) is 17.8. The third kappa shape index (κ3) is 10.3. The number of unbranched alkanes of at least 4 members (excludes halogenated alkanes) is 16. The van der Waals surface area contributed by atoms with Crippen molar-refractivity contribution in [3.63, 3.8) is 0 Å². The van der Waals surface area contributed by atoms with Gasteiger partial charge in [-0.2, -0.15) is 25.3 Å². The molecule has 0 N–H and O–H groups in total. The van der Waals surface area contributed by atoms with Crippen LogP contribution in [0.5, 0.6) is 0 Å². The molecule has 0 aliphatic carbocycles. The minimum atomic E-state index is 1.04. The second kappa shape index (κ2) is 18.2. The van der Waals surface area contributed by atoms with Crippen molar-refractivity contribution < 1.29 is 0 Å². The van der Waals surface area contributed by atoms with Crippen molar-refractivity contribution in [1.82, 2.24) is 19.1 Å². The molecule has 0 saturated heterocycles. The normalized spacial score (nSPS) is 11.8. The van der Waals surface area contributed by atoms with E-state index in [1.807, 2.05) is 12.7 Å².